The van der Waals surface area contributed by atoms with Crippen LogP contribution in [-0.2, 0) is 39.9 Å². The number of amides is 1. The van der Waals surface area contributed by atoms with E-state index >= 15 is 0 Å². The Balaban J connectivity index is 1.28. The highest BCUT2D eigenvalue weighted by atomic mass is 32.2. The van der Waals surface area contributed by atoms with Crippen molar-refractivity contribution in [2.75, 3.05) is 26.4 Å². The molecule has 1 aliphatic rings. The number of hydrogen-bond acceptors (Lipinski definition) is 6. The average molecular weight is 678 g/mol. The number of alkyl carbamates (subject to hydrolysis) is 1. The van der Waals surface area contributed by atoms with Crippen molar-refractivity contribution in [2.24, 2.45) is 0 Å². The van der Waals surface area contributed by atoms with E-state index in [0.29, 0.717) is 11.5 Å². The summed E-state index contributed by atoms with van der Waals surface area (Å²) in [4.78, 5) is 20.4. The van der Waals surface area contributed by atoms with Crippen molar-refractivity contribution in [3.05, 3.63) is 161 Å². The SMILES string of the molecule is CN(Cc1nc(CNC(=O)OC2CCN(Cc3ccccc3)CC2)cn1C(c1ccccc1)(c1ccccc1)c1ccccc1)S(C)(=O)=O. The molecule has 0 bridgehead atoms. The third kappa shape index (κ3) is 7.94. The van der Waals surface area contributed by atoms with E-state index in [1.807, 2.05) is 66.9 Å². The molecule has 0 radical (unpaired) electrons. The number of imidazole rings is 1. The first-order chi connectivity index (χ1) is 23.7. The smallest absolute Gasteiger partial charge is 0.407 e. The molecular weight excluding hydrogens is 635 g/mol. The molecule has 254 valence electrons. The number of sulfonamides is 1. The highest BCUT2D eigenvalue weighted by Gasteiger charge is 2.40. The summed E-state index contributed by atoms with van der Waals surface area (Å²) in [6.07, 6.45) is 3.98. The first-order valence-electron chi connectivity index (χ1n) is 16.6. The molecule has 4 aromatic carbocycles. The normalized spacial score (nSPS) is 14.5. The molecule has 5 aromatic rings. The fourth-order valence-electron chi connectivity index (χ4n) is 6.61. The van der Waals surface area contributed by atoms with Gasteiger partial charge in [0, 0.05) is 32.9 Å². The Bertz CT molecular complexity index is 1820. The van der Waals surface area contributed by atoms with E-state index in [2.05, 4.69) is 75.4 Å². The van der Waals surface area contributed by atoms with Gasteiger partial charge < -0.3 is 14.6 Å². The molecule has 1 aromatic heterocycles. The molecule has 0 atom stereocenters. The van der Waals surface area contributed by atoms with Crippen LogP contribution in [-0.4, -0.2) is 65.8 Å². The standard InChI is InChI=1S/C39H43N5O4S/c1-42(49(2,46)47)30-37-41-35(27-40-38(45)48-36-23-25-43(26-24-36)28-31-15-7-3-8-16-31)29-44(37)39(32-17-9-4-10-18-32,33-19-11-5-12-20-33)34-21-13-6-14-22-34/h3-22,29,36H,23-28,30H2,1-2H3,(H,40,45). The van der Waals surface area contributed by atoms with Gasteiger partial charge in [0.2, 0.25) is 10.0 Å². The Morgan fingerprint density at radius 1 is 0.837 bits per heavy atom. The van der Waals surface area contributed by atoms with Crippen molar-refractivity contribution in [3.63, 3.8) is 0 Å². The molecule has 0 unspecified atom stereocenters. The van der Waals surface area contributed by atoms with Gasteiger partial charge in [-0.2, -0.15) is 4.31 Å². The third-order valence-corrected chi connectivity index (χ3v) is 10.4. The van der Waals surface area contributed by atoms with Gasteiger partial charge in [-0.1, -0.05) is 121 Å². The zero-order valence-corrected chi connectivity index (χ0v) is 28.8. The number of hydrogen-bond donors (Lipinski definition) is 1. The average Bonchev–Trinajstić information content (AvgIpc) is 3.52. The van der Waals surface area contributed by atoms with Crippen LogP contribution in [0.15, 0.2) is 128 Å². The van der Waals surface area contributed by atoms with Gasteiger partial charge in [0.15, 0.2) is 0 Å². The first kappa shape index (κ1) is 34.1. The van der Waals surface area contributed by atoms with Gasteiger partial charge in [-0.05, 0) is 35.1 Å². The Morgan fingerprint density at radius 2 is 1.33 bits per heavy atom. The molecule has 1 N–H and O–H groups in total. The summed E-state index contributed by atoms with van der Waals surface area (Å²) in [6, 6.07) is 40.8. The largest absolute Gasteiger partial charge is 0.446 e. The second-order valence-electron chi connectivity index (χ2n) is 12.6. The molecule has 1 saturated heterocycles. The highest BCUT2D eigenvalue weighted by molar-refractivity contribution is 7.88. The summed E-state index contributed by atoms with van der Waals surface area (Å²) in [6.45, 7) is 2.74. The van der Waals surface area contributed by atoms with Crippen molar-refractivity contribution < 1.29 is 17.9 Å². The Hall–Kier alpha value is -4.77. The molecule has 1 aliphatic heterocycles. The van der Waals surface area contributed by atoms with E-state index < -0.39 is 21.7 Å². The van der Waals surface area contributed by atoms with Gasteiger partial charge in [-0.25, -0.2) is 18.2 Å². The van der Waals surface area contributed by atoms with Gasteiger partial charge >= 0.3 is 6.09 Å². The van der Waals surface area contributed by atoms with Gasteiger partial charge in [0.05, 0.1) is 25.0 Å². The zero-order chi connectivity index (χ0) is 34.3. The monoisotopic (exact) mass is 677 g/mol. The van der Waals surface area contributed by atoms with E-state index in [1.165, 1.54) is 16.1 Å². The summed E-state index contributed by atoms with van der Waals surface area (Å²) in [7, 11) is -1.98. The van der Waals surface area contributed by atoms with Crippen LogP contribution in [0.25, 0.3) is 0 Å². The maximum Gasteiger partial charge on any atom is 0.407 e. The topological polar surface area (TPSA) is 96.8 Å². The maximum atomic E-state index is 13.1. The molecule has 2 heterocycles. The molecule has 1 amide bonds. The van der Waals surface area contributed by atoms with E-state index in [1.54, 1.807) is 7.05 Å². The van der Waals surface area contributed by atoms with Crippen molar-refractivity contribution in [3.8, 4) is 0 Å². The highest BCUT2D eigenvalue weighted by Crippen LogP contribution is 2.42. The quantitative estimate of drug-likeness (QED) is 0.163. The van der Waals surface area contributed by atoms with Gasteiger partial charge in [0.1, 0.15) is 17.5 Å². The van der Waals surface area contributed by atoms with Gasteiger partial charge in [-0.15, -0.1) is 0 Å². The molecule has 6 rings (SSSR count). The number of rotatable bonds is 12. The second-order valence-corrected chi connectivity index (χ2v) is 14.7. The number of benzene rings is 4. The van der Waals surface area contributed by atoms with Crippen LogP contribution in [0.1, 0.15) is 46.6 Å². The van der Waals surface area contributed by atoms with E-state index in [4.69, 9.17) is 9.72 Å². The number of piperidine rings is 1. The first-order valence-corrected chi connectivity index (χ1v) is 18.4. The summed E-state index contributed by atoms with van der Waals surface area (Å²) in [5.41, 5.74) is 3.88. The van der Waals surface area contributed by atoms with Gasteiger partial charge in [-0.3, -0.25) is 4.90 Å². The molecule has 0 saturated carbocycles. The summed E-state index contributed by atoms with van der Waals surface area (Å²) < 4.78 is 34.5. The number of ether oxygens (including phenoxy) is 1. The Kier molecular flexibility index (Phi) is 10.6. The fourth-order valence-corrected chi connectivity index (χ4v) is 6.96. The minimum Gasteiger partial charge on any atom is -0.446 e. The number of carbonyl (C=O) groups excluding carboxylic acids is 1. The zero-order valence-electron chi connectivity index (χ0n) is 28.0. The van der Waals surface area contributed by atoms with Crippen molar-refractivity contribution in [2.45, 2.75) is 44.1 Å². The minimum absolute atomic E-state index is 0.0269. The van der Waals surface area contributed by atoms with Crippen LogP contribution in [0.2, 0.25) is 0 Å². The van der Waals surface area contributed by atoms with Crippen molar-refractivity contribution in [1.29, 1.82) is 0 Å². The van der Waals surface area contributed by atoms with E-state index in [-0.39, 0.29) is 19.2 Å². The lowest BCUT2D eigenvalue weighted by Crippen LogP contribution is -2.40. The van der Waals surface area contributed by atoms with Crippen LogP contribution in [0.5, 0.6) is 0 Å². The lowest BCUT2D eigenvalue weighted by atomic mass is 9.76. The van der Waals surface area contributed by atoms with Crippen LogP contribution in [0.3, 0.4) is 0 Å². The van der Waals surface area contributed by atoms with Crippen molar-refractivity contribution >= 4 is 16.1 Å². The lowest BCUT2D eigenvalue weighted by Gasteiger charge is -2.39. The number of carbonyl (C=O) groups is 1. The summed E-state index contributed by atoms with van der Waals surface area (Å²) in [5.74, 6) is 0.528. The van der Waals surface area contributed by atoms with E-state index in [0.717, 1.165) is 49.2 Å². The minimum atomic E-state index is -3.53. The third-order valence-electron chi connectivity index (χ3n) is 9.17. The van der Waals surface area contributed by atoms with Crippen LogP contribution in [0, 0.1) is 0 Å². The second kappa shape index (κ2) is 15.2. The predicted molar refractivity (Wildman–Crippen MR) is 191 cm³/mol. The van der Waals surface area contributed by atoms with Crippen LogP contribution in [0.4, 0.5) is 4.79 Å². The molecular formula is C39H43N5O4S. The Morgan fingerprint density at radius 3 is 1.82 bits per heavy atom. The fraction of sp³-hybridized carbons (Fsp3) is 0.282. The lowest BCUT2D eigenvalue weighted by molar-refractivity contribution is 0.0484. The van der Waals surface area contributed by atoms with Gasteiger partial charge in [0.25, 0.3) is 0 Å². The molecule has 0 aliphatic carbocycles. The number of nitrogens with one attached hydrogen (secondary N) is 1. The summed E-state index contributed by atoms with van der Waals surface area (Å²) in [5, 5.41) is 2.91. The number of aromatic nitrogens is 2. The van der Waals surface area contributed by atoms with Crippen LogP contribution >= 0.6 is 0 Å². The van der Waals surface area contributed by atoms with E-state index in [9.17, 15) is 13.2 Å². The van der Waals surface area contributed by atoms with Crippen molar-refractivity contribution in [1.82, 2.24) is 24.1 Å². The summed E-state index contributed by atoms with van der Waals surface area (Å²) >= 11 is 0. The Labute approximate surface area is 289 Å². The number of nitrogens with zero attached hydrogens (tertiary/aromatic N) is 4. The molecule has 9 nitrogen and oxygen atoms in total. The van der Waals surface area contributed by atoms with Crippen LogP contribution < -0.4 is 5.32 Å². The predicted octanol–water partition coefficient (Wildman–Crippen LogP) is 6.01. The number of likely N-dealkylation sites (tertiary alicyclic amines) is 1. The molecule has 0 spiro atoms. The maximum absolute atomic E-state index is 13.1. The molecule has 1 fully saturated rings. The molecule has 10 heteroatoms. The molecule has 49 heavy (non-hydrogen) atoms.